The Bertz CT molecular complexity index is 654. The van der Waals surface area contributed by atoms with Crippen molar-refractivity contribution >= 4 is 27.5 Å². The van der Waals surface area contributed by atoms with Gasteiger partial charge in [0.25, 0.3) is 10.2 Å². The van der Waals surface area contributed by atoms with E-state index in [-0.39, 0.29) is 11.9 Å². The predicted molar refractivity (Wildman–Crippen MR) is 89.4 cm³/mol. The minimum Gasteiger partial charge on any atom is -0.339 e. The Kier molecular flexibility index (Phi) is 4.75. The summed E-state index contributed by atoms with van der Waals surface area (Å²) in [4.78, 5) is 17.7. The maximum Gasteiger partial charge on any atom is 0.280 e. The van der Waals surface area contributed by atoms with Gasteiger partial charge >= 0.3 is 0 Å². The first kappa shape index (κ1) is 16.8. The van der Waals surface area contributed by atoms with E-state index in [0.717, 1.165) is 18.0 Å². The van der Waals surface area contributed by atoms with Crippen molar-refractivity contribution in [3.63, 3.8) is 0 Å². The lowest BCUT2D eigenvalue weighted by Crippen LogP contribution is -2.59. The average molecular weight is 358 g/mol. The Hall–Kier alpha value is -1.00. The number of hydrogen-bond donors (Lipinski definition) is 1. The fourth-order valence-corrected chi connectivity index (χ4v) is 5.13. The summed E-state index contributed by atoms with van der Waals surface area (Å²) in [5.74, 6) is -0.0905. The van der Waals surface area contributed by atoms with E-state index in [9.17, 15) is 13.2 Å². The first-order chi connectivity index (χ1) is 10.9. The van der Waals surface area contributed by atoms with Crippen molar-refractivity contribution in [1.29, 1.82) is 0 Å². The zero-order valence-electron chi connectivity index (χ0n) is 13.3. The SMILES string of the molecule is CN1CCN(C(=O)[C@@H]2C[C@H](c3cccs3)NS(=O)(=O)N2C)CC1. The van der Waals surface area contributed by atoms with E-state index in [0.29, 0.717) is 19.5 Å². The molecular weight excluding hydrogens is 336 g/mol. The maximum atomic E-state index is 12.9. The molecule has 1 N–H and O–H groups in total. The molecule has 0 saturated carbocycles. The molecule has 0 aliphatic carbocycles. The number of amides is 1. The van der Waals surface area contributed by atoms with E-state index in [1.54, 1.807) is 4.90 Å². The largest absolute Gasteiger partial charge is 0.339 e. The van der Waals surface area contributed by atoms with E-state index in [1.807, 2.05) is 24.6 Å². The Morgan fingerprint density at radius 1 is 1.26 bits per heavy atom. The summed E-state index contributed by atoms with van der Waals surface area (Å²) in [7, 11) is -0.147. The number of carbonyl (C=O) groups excluding carboxylic acids is 1. The standard InChI is InChI=1S/C14H22N4O3S2/c1-16-5-7-18(8-6-16)14(19)12-10-11(13-4-3-9-22-13)15-23(20,21)17(12)2/h3-4,9,11-12,15H,5-8,10H2,1-2H3/t11-,12+/m1/s1. The molecule has 23 heavy (non-hydrogen) atoms. The van der Waals surface area contributed by atoms with Crippen LogP contribution < -0.4 is 4.72 Å². The fraction of sp³-hybridized carbons (Fsp3) is 0.643. The molecule has 0 aromatic carbocycles. The molecular formula is C14H22N4O3S2. The van der Waals surface area contributed by atoms with E-state index in [2.05, 4.69) is 9.62 Å². The third kappa shape index (κ3) is 3.43. The molecule has 2 saturated heterocycles. The van der Waals surface area contributed by atoms with Crippen molar-refractivity contribution in [1.82, 2.24) is 18.8 Å². The molecule has 0 radical (unpaired) electrons. The molecule has 2 fully saturated rings. The number of piperazine rings is 1. The van der Waals surface area contributed by atoms with Gasteiger partial charge in [0.15, 0.2) is 0 Å². The molecule has 0 spiro atoms. The minimum absolute atomic E-state index is 0.0905. The van der Waals surface area contributed by atoms with Crippen molar-refractivity contribution < 1.29 is 13.2 Å². The third-order valence-corrected chi connectivity index (χ3v) is 7.14. The summed E-state index contributed by atoms with van der Waals surface area (Å²) in [6, 6.07) is 2.82. The predicted octanol–water partition coefficient (Wildman–Crippen LogP) is 0.102. The molecule has 2 aliphatic rings. The zero-order chi connectivity index (χ0) is 16.6. The Morgan fingerprint density at radius 3 is 2.57 bits per heavy atom. The van der Waals surface area contributed by atoms with Gasteiger partial charge in [0.05, 0.1) is 6.04 Å². The third-order valence-electron chi connectivity index (χ3n) is 4.55. The van der Waals surface area contributed by atoms with Crippen molar-refractivity contribution in [2.24, 2.45) is 0 Å². The lowest BCUT2D eigenvalue weighted by Gasteiger charge is -2.40. The van der Waals surface area contributed by atoms with Crippen LogP contribution in [0.2, 0.25) is 0 Å². The summed E-state index contributed by atoms with van der Waals surface area (Å²) in [5.41, 5.74) is 0. The normalized spacial score (nSPS) is 29.6. The number of hydrogen-bond acceptors (Lipinski definition) is 5. The van der Waals surface area contributed by atoms with Crippen molar-refractivity contribution in [3.05, 3.63) is 22.4 Å². The number of likely N-dealkylation sites (N-methyl/N-ethyl adjacent to an activating group) is 2. The molecule has 3 rings (SSSR count). The first-order valence-corrected chi connectivity index (χ1v) is 9.96. The van der Waals surface area contributed by atoms with Gasteiger partial charge in [-0.25, -0.2) is 0 Å². The van der Waals surface area contributed by atoms with Crippen LogP contribution in [0.1, 0.15) is 17.3 Å². The van der Waals surface area contributed by atoms with Crippen LogP contribution in [0.4, 0.5) is 0 Å². The Morgan fingerprint density at radius 2 is 1.96 bits per heavy atom. The molecule has 0 bridgehead atoms. The van der Waals surface area contributed by atoms with E-state index in [4.69, 9.17) is 0 Å². The highest BCUT2D eigenvalue weighted by atomic mass is 32.2. The average Bonchev–Trinajstić information content (AvgIpc) is 3.04. The second-order valence-electron chi connectivity index (χ2n) is 6.09. The van der Waals surface area contributed by atoms with Gasteiger partial charge in [-0.15, -0.1) is 11.3 Å². The molecule has 2 aliphatic heterocycles. The van der Waals surface area contributed by atoms with E-state index >= 15 is 0 Å². The monoisotopic (exact) mass is 358 g/mol. The van der Waals surface area contributed by atoms with Crippen molar-refractivity contribution in [2.75, 3.05) is 40.3 Å². The van der Waals surface area contributed by atoms with Crippen molar-refractivity contribution in [3.8, 4) is 0 Å². The van der Waals surface area contributed by atoms with Crippen LogP contribution in [0.3, 0.4) is 0 Å². The summed E-state index contributed by atoms with van der Waals surface area (Å²) < 4.78 is 28.6. The number of nitrogens with zero attached hydrogens (tertiary/aromatic N) is 3. The molecule has 3 heterocycles. The number of rotatable bonds is 2. The number of thiophene rings is 1. The van der Waals surface area contributed by atoms with Crippen LogP contribution in [0, 0.1) is 0 Å². The number of nitrogens with one attached hydrogen (secondary N) is 1. The molecule has 0 unspecified atom stereocenters. The summed E-state index contributed by atoms with van der Waals surface area (Å²) in [5, 5.41) is 1.92. The van der Waals surface area contributed by atoms with Gasteiger partial charge < -0.3 is 9.80 Å². The van der Waals surface area contributed by atoms with E-state index in [1.165, 1.54) is 22.7 Å². The molecule has 9 heteroatoms. The van der Waals surface area contributed by atoms with Crippen LogP contribution in [-0.2, 0) is 15.0 Å². The molecule has 1 aromatic rings. The highest BCUT2D eigenvalue weighted by molar-refractivity contribution is 7.87. The highest BCUT2D eigenvalue weighted by Crippen LogP contribution is 2.31. The van der Waals surface area contributed by atoms with Gasteiger partial charge in [-0.3, -0.25) is 4.79 Å². The van der Waals surface area contributed by atoms with Gasteiger partial charge in [-0.05, 0) is 24.9 Å². The zero-order valence-corrected chi connectivity index (χ0v) is 14.9. The first-order valence-electron chi connectivity index (χ1n) is 7.64. The van der Waals surface area contributed by atoms with Crippen LogP contribution >= 0.6 is 11.3 Å². The lowest BCUT2D eigenvalue weighted by molar-refractivity contribution is -0.137. The second-order valence-corrected chi connectivity index (χ2v) is 8.83. The van der Waals surface area contributed by atoms with E-state index < -0.39 is 16.3 Å². The van der Waals surface area contributed by atoms with Gasteiger partial charge in [0.1, 0.15) is 6.04 Å². The summed E-state index contributed by atoms with van der Waals surface area (Å²) >= 11 is 1.50. The number of carbonyl (C=O) groups is 1. The summed E-state index contributed by atoms with van der Waals surface area (Å²) in [6.45, 7) is 2.94. The van der Waals surface area contributed by atoms with Crippen LogP contribution in [0.15, 0.2) is 17.5 Å². The Balaban J connectivity index is 1.80. The van der Waals surface area contributed by atoms with Crippen LogP contribution in [0.25, 0.3) is 0 Å². The second kappa shape index (κ2) is 6.48. The van der Waals surface area contributed by atoms with Gasteiger partial charge in [-0.1, -0.05) is 6.07 Å². The smallest absolute Gasteiger partial charge is 0.280 e. The minimum atomic E-state index is -3.65. The van der Waals surface area contributed by atoms with Gasteiger partial charge in [0.2, 0.25) is 5.91 Å². The molecule has 7 nitrogen and oxygen atoms in total. The summed E-state index contributed by atoms with van der Waals surface area (Å²) in [6.07, 6.45) is 0.460. The molecule has 128 valence electrons. The fourth-order valence-electron chi connectivity index (χ4n) is 3.01. The molecule has 1 aromatic heterocycles. The van der Waals surface area contributed by atoms with Crippen LogP contribution in [-0.4, -0.2) is 74.7 Å². The van der Waals surface area contributed by atoms with Gasteiger partial charge in [-0.2, -0.15) is 17.4 Å². The van der Waals surface area contributed by atoms with Gasteiger partial charge in [0, 0.05) is 38.1 Å². The topological polar surface area (TPSA) is 73.0 Å². The van der Waals surface area contributed by atoms with Crippen LogP contribution in [0.5, 0.6) is 0 Å². The van der Waals surface area contributed by atoms with Crippen molar-refractivity contribution in [2.45, 2.75) is 18.5 Å². The highest BCUT2D eigenvalue weighted by Gasteiger charge is 2.42. The lowest BCUT2D eigenvalue weighted by atomic mass is 10.0. The Labute approximate surface area is 141 Å². The maximum absolute atomic E-state index is 12.9. The molecule has 2 atom stereocenters. The quantitative estimate of drug-likeness (QED) is 0.814. The molecule has 1 amide bonds.